The Hall–Kier alpha value is -1.66. The van der Waals surface area contributed by atoms with Crippen LogP contribution in [0.3, 0.4) is 0 Å². The van der Waals surface area contributed by atoms with Crippen molar-refractivity contribution in [3.63, 3.8) is 0 Å². The largest absolute Gasteiger partial charge is 0.376 e. The molecule has 1 aliphatic heterocycles. The van der Waals surface area contributed by atoms with E-state index >= 15 is 0 Å². The number of thiophene rings is 1. The van der Waals surface area contributed by atoms with Crippen LogP contribution in [0.1, 0.15) is 28.9 Å². The van der Waals surface area contributed by atoms with Gasteiger partial charge in [-0.2, -0.15) is 5.10 Å². The highest BCUT2D eigenvalue weighted by atomic mass is 32.1. The van der Waals surface area contributed by atoms with Crippen LogP contribution in [0.2, 0.25) is 0 Å². The smallest absolute Gasteiger partial charge is 0.265 e. The minimum absolute atomic E-state index is 0.0894. The molecule has 1 saturated heterocycles. The monoisotopic (exact) mass is 291 g/mol. The third-order valence-corrected chi connectivity index (χ3v) is 4.17. The summed E-state index contributed by atoms with van der Waals surface area (Å²) in [6.45, 7) is 1.59. The second kappa shape index (κ2) is 6.19. The predicted octanol–water partition coefficient (Wildman–Crippen LogP) is 2.77. The van der Waals surface area contributed by atoms with Crippen molar-refractivity contribution in [3.05, 3.63) is 34.8 Å². The molecular weight excluding hydrogens is 274 g/mol. The molecule has 1 N–H and O–H groups in total. The molecule has 1 atom stereocenters. The second-order valence-electron chi connectivity index (χ2n) is 4.87. The van der Waals surface area contributed by atoms with E-state index in [-0.39, 0.29) is 12.0 Å². The summed E-state index contributed by atoms with van der Waals surface area (Å²) in [7, 11) is 0. The lowest BCUT2D eigenvalue weighted by atomic mass is 10.1. The van der Waals surface area contributed by atoms with Gasteiger partial charge in [-0.15, -0.1) is 11.3 Å². The normalized spacial score (nSPS) is 18.9. The summed E-state index contributed by atoms with van der Waals surface area (Å²) in [6.07, 6.45) is 7.21. The van der Waals surface area contributed by atoms with Gasteiger partial charge < -0.3 is 10.1 Å². The standard InChI is InChI=1S/C14H17N3O2S/c18-14(13-5-3-7-20-13)16-11-8-15-17(9-11)10-12-4-1-2-6-19-12/h3,5,7-9,12H,1-2,4,6,10H2,(H,16,18). The number of rotatable bonds is 4. The van der Waals surface area contributed by atoms with E-state index < -0.39 is 0 Å². The Morgan fingerprint density at radius 3 is 3.25 bits per heavy atom. The average molecular weight is 291 g/mol. The first kappa shape index (κ1) is 13.3. The molecule has 2 aromatic rings. The molecule has 1 unspecified atom stereocenters. The highest BCUT2D eigenvalue weighted by Gasteiger charge is 2.15. The van der Waals surface area contributed by atoms with Gasteiger partial charge in [-0.25, -0.2) is 0 Å². The van der Waals surface area contributed by atoms with Crippen LogP contribution in [0.5, 0.6) is 0 Å². The number of hydrogen-bond acceptors (Lipinski definition) is 4. The van der Waals surface area contributed by atoms with E-state index in [1.54, 1.807) is 12.3 Å². The summed E-state index contributed by atoms with van der Waals surface area (Å²) >= 11 is 1.43. The molecule has 0 spiro atoms. The van der Waals surface area contributed by atoms with Gasteiger partial charge in [0.1, 0.15) is 0 Å². The van der Waals surface area contributed by atoms with Crippen molar-refractivity contribution in [2.24, 2.45) is 0 Å². The minimum atomic E-state index is -0.0894. The van der Waals surface area contributed by atoms with E-state index in [2.05, 4.69) is 10.4 Å². The van der Waals surface area contributed by atoms with E-state index in [0.29, 0.717) is 4.88 Å². The zero-order valence-electron chi connectivity index (χ0n) is 11.1. The van der Waals surface area contributed by atoms with Gasteiger partial charge in [-0.05, 0) is 30.7 Å². The number of aromatic nitrogens is 2. The van der Waals surface area contributed by atoms with Gasteiger partial charge in [0, 0.05) is 12.8 Å². The van der Waals surface area contributed by atoms with Crippen LogP contribution >= 0.6 is 11.3 Å². The summed E-state index contributed by atoms with van der Waals surface area (Å²) in [6, 6.07) is 3.67. The highest BCUT2D eigenvalue weighted by molar-refractivity contribution is 7.12. The first-order chi connectivity index (χ1) is 9.81. The van der Waals surface area contributed by atoms with Crippen LogP contribution < -0.4 is 5.32 Å². The van der Waals surface area contributed by atoms with Gasteiger partial charge in [0.25, 0.3) is 5.91 Å². The topological polar surface area (TPSA) is 56.2 Å². The van der Waals surface area contributed by atoms with Crippen LogP contribution in [0, 0.1) is 0 Å². The number of carbonyl (C=O) groups excluding carboxylic acids is 1. The van der Waals surface area contributed by atoms with Crippen LogP contribution in [-0.2, 0) is 11.3 Å². The predicted molar refractivity (Wildman–Crippen MR) is 78.1 cm³/mol. The van der Waals surface area contributed by atoms with E-state index in [1.165, 1.54) is 17.8 Å². The van der Waals surface area contributed by atoms with Gasteiger partial charge in [0.15, 0.2) is 0 Å². The average Bonchev–Trinajstić information content (AvgIpc) is 3.11. The van der Waals surface area contributed by atoms with Crippen molar-refractivity contribution >= 4 is 22.9 Å². The van der Waals surface area contributed by atoms with E-state index in [1.807, 2.05) is 22.3 Å². The van der Waals surface area contributed by atoms with Crippen molar-refractivity contribution in [3.8, 4) is 0 Å². The number of hydrogen-bond donors (Lipinski definition) is 1. The minimum Gasteiger partial charge on any atom is -0.376 e. The number of anilines is 1. The second-order valence-corrected chi connectivity index (χ2v) is 5.82. The molecule has 0 saturated carbocycles. The van der Waals surface area contributed by atoms with E-state index in [0.717, 1.165) is 31.7 Å². The van der Waals surface area contributed by atoms with E-state index in [9.17, 15) is 4.79 Å². The van der Waals surface area contributed by atoms with Crippen LogP contribution in [0.25, 0.3) is 0 Å². The molecule has 5 nitrogen and oxygen atoms in total. The zero-order chi connectivity index (χ0) is 13.8. The van der Waals surface area contributed by atoms with Crippen molar-refractivity contribution < 1.29 is 9.53 Å². The third kappa shape index (κ3) is 3.26. The first-order valence-corrected chi connectivity index (χ1v) is 7.68. The fourth-order valence-corrected chi connectivity index (χ4v) is 2.91. The van der Waals surface area contributed by atoms with Crippen LogP contribution in [-0.4, -0.2) is 28.4 Å². The summed E-state index contributed by atoms with van der Waals surface area (Å²) in [5.74, 6) is -0.0894. The molecular formula is C14H17N3O2S. The van der Waals surface area contributed by atoms with Crippen LogP contribution in [0.15, 0.2) is 29.9 Å². The molecule has 106 valence electrons. The highest BCUT2D eigenvalue weighted by Crippen LogP contribution is 2.16. The van der Waals surface area contributed by atoms with Gasteiger partial charge in [-0.3, -0.25) is 9.48 Å². The zero-order valence-corrected chi connectivity index (χ0v) is 11.9. The Morgan fingerprint density at radius 2 is 2.50 bits per heavy atom. The third-order valence-electron chi connectivity index (χ3n) is 3.30. The van der Waals surface area contributed by atoms with Gasteiger partial charge in [0.2, 0.25) is 0 Å². The number of carbonyl (C=O) groups is 1. The molecule has 6 heteroatoms. The van der Waals surface area contributed by atoms with Gasteiger partial charge in [0.05, 0.1) is 29.4 Å². The quantitative estimate of drug-likeness (QED) is 0.942. The number of nitrogens with one attached hydrogen (secondary N) is 1. The number of nitrogens with zero attached hydrogens (tertiary/aromatic N) is 2. The molecule has 0 aromatic carbocycles. The maximum atomic E-state index is 11.9. The molecule has 1 amide bonds. The molecule has 20 heavy (non-hydrogen) atoms. The summed E-state index contributed by atoms with van der Waals surface area (Å²) in [5.41, 5.74) is 0.721. The molecule has 1 fully saturated rings. The Morgan fingerprint density at radius 1 is 1.55 bits per heavy atom. The number of amides is 1. The molecule has 1 aliphatic rings. The van der Waals surface area contributed by atoms with Crippen molar-refractivity contribution in [2.45, 2.75) is 31.9 Å². The SMILES string of the molecule is O=C(Nc1cnn(CC2CCCCO2)c1)c1cccs1. The Bertz CT molecular complexity index is 559. The van der Waals surface area contributed by atoms with Crippen molar-refractivity contribution in [2.75, 3.05) is 11.9 Å². The molecule has 0 aliphatic carbocycles. The number of ether oxygens (including phenoxy) is 1. The molecule has 2 aromatic heterocycles. The Balaban J connectivity index is 1.57. The fraction of sp³-hybridized carbons (Fsp3) is 0.429. The Kier molecular flexibility index (Phi) is 4.13. The summed E-state index contributed by atoms with van der Waals surface area (Å²) in [4.78, 5) is 12.6. The Labute approximate surface area is 121 Å². The molecule has 0 radical (unpaired) electrons. The summed E-state index contributed by atoms with van der Waals surface area (Å²) < 4.78 is 7.52. The van der Waals surface area contributed by atoms with Crippen LogP contribution in [0.4, 0.5) is 5.69 Å². The van der Waals surface area contributed by atoms with Gasteiger partial charge in [-0.1, -0.05) is 6.07 Å². The van der Waals surface area contributed by atoms with Gasteiger partial charge >= 0.3 is 0 Å². The molecule has 3 rings (SSSR count). The maximum absolute atomic E-state index is 11.9. The maximum Gasteiger partial charge on any atom is 0.265 e. The summed E-state index contributed by atoms with van der Waals surface area (Å²) in [5, 5.41) is 9.01. The molecule has 0 bridgehead atoms. The van der Waals surface area contributed by atoms with Crippen molar-refractivity contribution in [1.82, 2.24) is 9.78 Å². The first-order valence-electron chi connectivity index (χ1n) is 6.80. The lowest BCUT2D eigenvalue weighted by Crippen LogP contribution is -2.24. The lowest BCUT2D eigenvalue weighted by Gasteiger charge is -2.22. The van der Waals surface area contributed by atoms with Crippen molar-refractivity contribution in [1.29, 1.82) is 0 Å². The molecule has 3 heterocycles. The van der Waals surface area contributed by atoms with E-state index in [4.69, 9.17) is 4.74 Å². The lowest BCUT2D eigenvalue weighted by molar-refractivity contribution is 0.00401. The fourth-order valence-electron chi connectivity index (χ4n) is 2.29.